The average Bonchev–Trinajstić information content (AvgIpc) is 3.07. The van der Waals surface area contributed by atoms with Gasteiger partial charge in [0.1, 0.15) is 12.4 Å². The lowest BCUT2D eigenvalue weighted by molar-refractivity contribution is 0.0469. The lowest BCUT2D eigenvalue weighted by atomic mass is 10.1. The van der Waals surface area contributed by atoms with Crippen LogP contribution in [-0.4, -0.2) is 35.6 Å². The van der Waals surface area contributed by atoms with E-state index in [9.17, 15) is 19.2 Å². The van der Waals surface area contributed by atoms with Crippen molar-refractivity contribution in [2.45, 2.75) is 20.1 Å². The zero-order valence-electron chi connectivity index (χ0n) is 18.2. The minimum atomic E-state index is -0.658. The molecular weight excluding hydrogens is 422 g/mol. The van der Waals surface area contributed by atoms with Crippen molar-refractivity contribution in [2.75, 3.05) is 7.11 Å². The molecule has 1 aliphatic heterocycles. The molecule has 7 nitrogen and oxygen atoms in total. The van der Waals surface area contributed by atoms with Crippen LogP contribution in [0.5, 0.6) is 5.75 Å². The van der Waals surface area contributed by atoms with E-state index < -0.39 is 17.8 Å². The maximum Gasteiger partial charge on any atom is 0.338 e. The number of nitrogens with zero attached hydrogens (tertiary/aromatic N) is 1. The van der Waals surface area contributed by atoms with E-state index >= 15 is 0 Å². The molecule has 3 aromatic rings. The Kier molecular flexibility index (Phi) is 6.04. The van der Waals surface area contributed by atoms with Gasteiger partial charge in [-0.15, -0.1) is 0 Å². The molecule has 0 saturated carbocycles. The van der Waals surface area contributed by atoms with Crippen molar-refractivity contribution in [2.24, 2.45) is 0 Å². The number of benzene rings is 3. The van der Waals surface area contributed by atoms with Crippen LogP contribution < -0.4 is 4.74 Å². The first-order valence-corrected chi connectivity index (χ1v) is 10.3. The fourth-order valence-corrected chi connectivity index (χ4v) is 3.66. The normalized spacial score (nSPS) is 12.5. The van der Waals surface area contributed by atoms with Crippen LogP contribution in [0, 0.1) is 0 Å². The lowest BCUT2D eigenvalue weighted by Gasteiger charge is -2.13. The van der Waals surface area contributed by atoms with Crippen molar-refractivity contribution in [3.63, 3.8) is 0 Å². The molecule has 2 amide bonds. The van der Waals surface area contributed by atoms with Crippen LogP contribution in [0.1, 0.15) is 59.5 Å². The molecule has 1 heterocycles. The third kappa shape index (κ3) is 4.39. The van der Waals surface area contributed by atoms with Crippen molar-refractivity contribution in [3.05, 3.63) is 100 Å². The highest BCUT2D eigenvalue weighted by Gasteiger charge is 2.36. The predicted octanol–water partition coefficient (Wildman–Crippen LogP) is 4.05. The van der Waals surface area contributed by atoms with E-state index in [0.717, 1.165) is 10.5 Å². The summed E-state index contributed by atoms with van der Waals surface area (Å²) in [6.45, 7) is 1.48. The fraction of sp³-hybridized carbons (Fsp3) is 0.154. The van der Waals surface area contributed by atoms with Gasteiger partial charge in [0.2, 0.25) is 0 Å². The van der Waals surface area contributed by atoms with Gasteiger partial charge in [0.05, 0.1) is 30.3 Å². The number of methoxy groups -OCH3 is 1. The second-order valence-electron chi connectivity index (χ2n) is 7.60. The lowest BCUT2D eigenvalue weighted by Crippen LogP contribution is -2.29. The summed E-state index contributed by atoms with van der Waals surface area (Å²) in [7, 11) is 1.48. The Morgan fingerprint density at radius 3 is 2.24 bits per heavy atom. The number of amides is 2. The maximum atomic E-state index is 12.9. The highest BCUT2D eigenvalue weighted by molar-refractivity contribution is 6.21. The molecule has 0 aromatic heterocycles. The largest absolute Gasteiger partial charge is 0.496 e. The first-order valence-electron chi connectivity index (χ1n) is 10.3. The third-order valence-electron chi connectivity index (χ3n) is 5.44. The summed E-state index contributed by atoms with van der Waals surface area (Å²) >= 11 is 0. The average molecular weight is 443 g/mol. The summed E-state index contributed by atoms with van der Waals surface area (Å²) < 4.78 is 10.7. The van der Waals surface area contributed by atoms with Crippen LogP contribution in [0.25, 0.3) is 0 Å². The summed E-state index contributed by atoms with van der Waals surface area (Å²) in [5.74, 6) is -1.14. The van der Waals surface area contributed by atoms with Crippen LogP contribution in [0.4, 0.5) is 0 Å². The molecule has 166 valence electrons. The molecule has 0 unspecified atom stereocenters. The van der Waals surface area contributed by atoms with Crippen LogP contribution in [0.2, 0.25) is 0 Å². The summed E-state index contributed by atoms with van der Waals surface area (Å²) in [6, 6.07) is 18.4. The zero-order chi connectivity index (χ0) is 23.5. The number of ether oxygens (including phenoxy) is 2. The van der Waals surface area contributed by atoms with E-state index in [1.54, 1.807) is 18.2 Å². The zero-order valence-corrected chi connectivity index (χ0v) is 18.2. The molecule has 7 heteroatoms. The maximum absolute atomic E-state index is 12.9. The predicted molar refractivity (Wildman–Crippen MR) is 119 cm³/mol. The van der Waals surface area contributed by atoms with Crippen LogP contribution in [-0.2, 0) is 17.9 Å². The molecule has 4 rings (SSSR count). The second kappa shape index (κ2) is 9.08. The molecule has 0 radical (unpaired) electrons. The van der Waals surface area contributed by atoms with Gasteiger partial charge in [0, 0.05) is 11.1 Å². The van der Waals surface area contributed by atoms with Crippen LogP contribution in [0.15, 0.2) is 66.7 Å². The molecule has 0 saturated heterocycles. The molecule has 1 aliphatic rings. The Morgan fingerprint density at radius 1 is 0.848 bits per heavy atom. The number of fused-ring (bicyclic) bond motifs is 1. The Morgan fingerprint density at radius 2 is 1.55 bits per heavy atom. The molecular formula is C26H21NO6. The molecule has 0 fully saturated rings. The van der Waals surface area contributed by atoms with E-state index in [0.29, 0.717) is 16.9 Å². The van der Waals surface area contributed by atoms with Crippen LogP contribution in [0.3, 0.4) is 0 Å². The number of imide groups is 1. The second-order valence-corrected chi connectivity index (χ2v) is 7.60. The summed E-state index contributed by atoms with van der Waals surface area (Å²) in [6.07, 6.45) is 0. The number of Topliss-reactive ketones (excluding diaryl/α,β-unsaturated/α-hetero) is 1. The molecule has 0 aliphatic carbocycles. The number of hydrogen-bond donors (Lipinski definition) is 0. The first-order chi connectivity index (χ1) is 15.9. The van der Waals surface area contributed by atoms with Gasteiger partial charge in [-0.2, -0.15) is 0 Å². The van der Waals surface area contributed by atoms with Crippen molar-refractivity contribution >= 4 is 23.6 Å². The molecule has 0 atom stereocenters. The Balaban J connectivity index is 1.51. The van der Waals surface area contributed by atoms with E-state index in [1.165, 1.54) is 32.2 Å². The number of ketones is 1. The smallest absolute Gasteiger partial charge is 0.338 e. The number of carbonyl (C=O) groups excluding carboxylic acids is 4. The molecule has 0 spiro atoms. The van der Waals surface area contributed by atoms with Crippen molar-refractivity contribution < 1.29 is 28.7 Å². The van der Waals surface area contributed by atoms with Gasteiger partial charge in [0.25, 0.3) is 11.8 Å². The van der Waals surface area contributed by atoms with Crippen molar-refractivity contribution in [3.8, 4) is 5.75 Å². The topological polar surface area (TPSA) is 90.0 Å². The van der Waals surface area contributed by atoms with Gasteiger partial charge in [-0.1, -0.05) is 30.3 Å². The van der Waals surface area contributed by atoms with Gasteiger partial charge >= 0.3 is 5.97 Å². The molecule has 0 N–H and O–H groups in total. The summed E-state index contributed by atoms with van der Waals surface area (Å²) in [4.78, 5) is 51.0. The van der Waals surface area contributed by atoms with Gasteiger partial charge in [0.15, 0.2) is 5.78 Å². The highest BCUT2D eigenvalue weighted by atomic mass is 16.5. The van der Waals surface area contributed by atoms with E-state index in [1.807, 2.05) is 30.3 Å². The highest BCUT2D eigenvalue weighted by Crippen LogP contribution is 2.27. The molecule has 33 heavy (non-hydrogen) atoms. The summed E-state index contributed by atoms with van der Waals surface area (Å²) in [5.41, 5.74) is 2.42. The minimum Gasteiger partial charge on any atom is -0.496 e. The Bertz CT molecular complexity index is 1270. The van der Waals surface area contributed by atoms with Gasteiger partial charge in [-0.05, 0) is 48.9 Å². The van der Waals surface area contributed by atoms with Crippen molar-refractivity contribution in [1.82, 2.24) is 4.90 Å². The molecule has 3 aromatic carbocycles. The van der Waals surface area contributed by atoms with Crippen molar-refractivity contribution in [1.29, 1.82) is 0 Å². The first kappa shape index (κ1) is 22.0. The Hall–Kier alpha value is -4.26. The van der Waals surface area contributed by atoms with Crippen LogP contribution >= 0.6 is 0 Å². The SMILES string of the molecule is COc1ccc(C(C)=O)cc1COC(=O)c1ccc2c(c1)C(=O)N(Cc1ccccc1)C2=O. The number of rotatable bonds is 7. The third-order valence-corrected chi connectivity index (χ3v) is 5.44. The standard InChI is InChI=1S/C26H21NO6/c1-16(28)18-9-11-23(32-2)20(12-18)15-33-26(31)19-8-10-21-22(13-19)25(30)27(24(21)29)14-17-6-4-3-5-7-17/h3-13H,14-15H2,1-2H3. The number of carbonyl (C=O) groups is 4. The quantitative estimate of drug-likeness (QED) is 0.311. The monoisotopic (exact) mass is 443 g/mol. The fourth-order valence-electron chi connectivity index (χ4n) is 3.66. The number of esters is 1. The van der Waals surface area contributed by atoms with E-state index in [4.69, 9.17) is 9.47 Å². The van der Waals surface area contributed by atoms with Gasteiger partial charge < -0.3 is 9.47 Å². The Labute approximate surface area is 190 Å². The van der Waals surface area contributed by atoms with E-state index in [2.05, 4.69) is 0 Å². The molecule has 0 bridgehead atoms. The number of hydrogen-bond acceptors (Lipinski definition) is 6. The van der Waals surface area contributed by atoms with Gasteiger partial charge in [-0.25, -0.2) is 4.79 Å². The van der Waals surface area contributed by atoms with E-state index in [-0.39, 0.29) is 35.6 Å². The van der Waals surface area contributed by atoms with Gasteiger partial charge in [-0.3, -0.25) is 19.3 Å². The minimum absolute atomic E-state index is 0.118. The summed E-state index contributed by atoms with van der Waals surface area (Å²) in [5, 5.41) is 0.